The lowest BCUT2D eigenvalue weighted by atomic mass is 9.70. The van der Waals surface area contributed by atoms with Crippen molar-refractivity contribution in [3.8, 4) is 0 Å². The van der Waals surface area contributed by atoms with Gasteiger partial charge in [0.1, 0.15) is 0 Å². The Hall–Kier alpha value is -0.275. The standard InChI is InChI=1S/C9H10BBrO/c1-5-2-6-3-9(12)10-7(6)4-8(5)11/h2,4,9-10,12H,3H2,1H3. The highest BCUT2D eigenvalue weighted by molar-refractivity contribution is 9.10. The Labute approximate surface area is 81.2 Å². The summed E-state index contributed by atoms with van der Waals surface area (Å²) in [7, 11) is 0.814. The van der Waals surface area contributed by atoms with Gasteiger partial charge in [0.15, 0.2) is 7.28 Å². The highest BCUT2D eigenvalue weighted by Gasteiger charge is 2.21. The fourth-order valence-electron chi connectivity index (χ4n) is 1.74. The third-order valence-corrected chi connectivity index (χ3v) is 3.25. The van der Waals surface area contributed by atoms with Crippen molar-refractivity contribution < 1.29 is 5.11 Å². The van der Waals surface area contributed by atoms with Gasteiger partial charge in [0.25, 0.3) is 0 Å². The van der Waals surface area contributed by atoms with Gasteiger partial charge in [0.2, 0.25) is 0 Å². The van der Waals surface area contributed by atoms with Gasteiger partial charge in [0, 0.05) is 10.5 Å². The number of halogens is 1. The molecule has 0 saturated carbocycles. The van der Waals surface area contributed by atoms with Crippen molar-refractivity contribution >= 4 is 28.7 Å². The topological polar surface area (TPSA) is 20.2 Å². The zero-order valence-electron chi connectivity index (χ0n) is 6.97. The highest BCUT2D eigenvalue weighted by atomic mass is 79.9. The first kappa shape index (κ1) is 8.33. The molecule has 1 aromatic rings. The van der Waals surface area contributed by atoms with Crippen molar-refractivity contribution in [1.82, 2.24) is 0 Å². The van der Waals surface area contributed by atoms with Crippen LogP contribution in [-0.4, -0.2) is 18.4 Å². The Morgan fingerprint density at radius 1 is 1.58 bits per heavy atom. The van der Waals surface area contributed by atoms with Crippen molar-refractivity contribution in [1.29, 1.82) is 0 Å². The average molecular weight is 225 g/mol. The van der Waals surface area contributed by atoms with Crippen molar-refractivity contribution in [2.75, 3.05) is 0 Å². The molecule has 0 aromatic heterocycles. The van der Waals surface area contributed by atoms with Gasteiger partial charge in [-0.1, -0.05) is 39.1 Å². The summed E-state index contributed by atoms with van der Waals surface area (Å²) in [5, 5.41) is 9.42. The van der Waals surface area contributed by atoms with E-state index >= 15 is 0 Å². The number of aliphatic hydroxyl groups is 1. The number of benzene rings is 1. The lowest BCUT2D eigenvalue weighted by Gasteiger charge is -2.02. The molecule has 62 valence electrons. The van der Waals surface area contributed by atoms with Gasteiger partial charge in [-0.15, -0.1) is 0 Å². The Balaban J connectivity index is 2.48. The van der Waals surface area contributed by atoms with Crippen LogP contribution in [0.3, 0.4) is 0 Å². The van der Waals surface area contributed by atoms with Crippen LogP contribution in [0.2, 0.25) is 0 Å². The normalized spacial score (nSPS) is 20.4. The van der Waals surface area contributed by atoms with Crippen molar-refractivity contribution in [2.45, 2.75) is 19.3 Å². The molecule has 0 saturated heterocycles. The second-order valence-corrected chi connectivity index (χ2v) is 4.29. The fraction of sp³-hybridized carbons (Fsp3) is 0.333. The van der Waals surface area contributed by atoms with Crippen LogP contribution < -0.4 is 5.46 Å². The van der Waals surface area contributed by atoms with Gasteiger partial charge >= 0.3 is 0 Å². The Morgan fingerprint density at radius 2 is 2.33 bits per heavy atom. The number of aryl methyl sites for hydroxylation is 1. The van der Waals surface area contributed by atoms with E-state index in [4.69, 9.17) is 0 Å². The van der Waals surface area contributed by atoms with Gasteiger partial charge in [0.05, 0.1) is 0 Å². The Morgan fingerprint density at radius 3 is 3.08 bits per heavy atom. The van der Waals surface area contributed by atoms with Gasteiger partial charge in [-0.05, 0) is 18.9 Å². The largest absolute Gasteiger partial charge is 0.401 e. The monoisotopic (exact) mass is 224 g/mol. The quantitative estimate of drug-likeness (QED) is 0.644. The third-order valence-electron chi connectivity index (χ3n) is 2.39. The minimum absolute atomic E-state index is 0.159. The minimum atomic E-state index is -0.159. The number of hydrogen-bond donors (Lipinski definition) is 1. The first-order valence-electron chi connectivity index (χ1n) is 4.13. The maximum absolute atomic E-state index is 9.42. The van der Waals surface area contributed by atoms with E-state index in [-0.39, 0.29) is 6.00 Å². The Bertz CT molecular complexity index is 294. The summed E-state index contributed by atoms with van der Waals surface area (Å²) in [6.07, 6.45) is 0.823. The second kappa shape index (κ2) is 2.89. The summed E-state index contributed by atoms with van der Waals surface area (Å²) >= 11 is 3.49. The van der Waals surface area contributed by atoms with E-state index in [1.54, 1.807) is 0 Å². The molecule has 1 heterocycles. The molecule has 0 spiro atoms. The zero-order valence-corrected chi connectivity index (χ0v) is 8.56. The summed E-state index contributed by atoms with van der Waals surface area (Å²) in [6.45, 7) is 2.08. The molecule has 2 rings (SSSR count). The SMILES string of the molecule is Cc1cc2c(cc1Br)BC(O)C2. The number of hydrogen-bond acceptors (Lipinski definition) is 1. The van der Waals surface area contributed by atoms with Gasteiger partial charge < -0.3 is 5.11 Å². The number of fused-ring (bicyclic) bond motifs is 1. The van der Waals surface area contributed by atoms with Crippen LogP contribution in [0.25, 0.3) is 0 Å². The summed E-state index contributed by atoms with van der Waals surface area (Å²) in [6, 6.07) is 4.13. The summed E-state index contributed by atoms with van der Waals surface area (Å²) in [5.41, 5.74) is 3.85. The second-order valence-electron chi connectivity index (χ2n) is 3.43. The molecular weight excluding hydrogens is 215 g/mol. The van der Waals surface area contributed by atoms with Crippen LogP contribution in [0.15, 0.2) is 16.6 Å². The average Bonchev–Trinajstić information content (AvgIpc) is 2.30. The highest BCUT2D eigenvalue weighted by Crippen LogP contribution is 2.19. The predicted octanol–water partition coefficient (Wildman–Crippen LogP) is 0.694. The van der Waals surface area contributed by atoms with Crippen molar-refractivity contribution in [3.63, 3.8) is 0 Å². The number of rotatable bonds is 0. The minimum Gasteiger partial charge on any atom is -0.401 e. The molecule has 3 heteroatoms. The molecule has 0 amide bonds. The molecule has 0 bridgehead atoms. The molecule has 1 nitrogen and oxygen atoms in total. The van der Waals surface area contributed by atoms with Crippen LogP contribution in [0.5, 0.6) is 0 Å². The molecule has 0 aliphatic carbocycles. The van der Waals surface area contributed by atoms with E-state index in [1.807, 2.05) is 0 Å². The predicted molar refractivity (Wildman–Crippen MR) is 55.4 cm³/mol. The summed E-state index contributed by atoms with van der Waals surface area (Å²) in [4.78, 5) is 0. The number of aliphatic hydroxyl groups excluding tert-OH is 1. The van der Waals surface area contributed by atoms with Crippen molar-refractivity contribution in [3.05, 3.63) is 27.7 Å². The van der Waals surface area contributed by atoms with Gasteiger partial charge in [-0.2, -0.15) is 0 Å². The lowest BCUT2D eigenvalue weighted by Crippen LogP contribution is -2.19. The summed E-state index contributed by atoms with van der Waals surface area (Å²) < 4.78 is 1.15. The van der Waals surface area contributed by atoms with E-state index in [2.05, 4.69) is 35.0 Å². The molecule has 1 aliphatic rings. The molecule has 12 heavy (non-hydrogen) atoms. The van der Waals surface area contributed by atoms with E-state index in [1.165, 1.54) is 16.6 Å². The Kier molecular flexibility index (Phi) is 2.01. The van der Waals surface area contributed by atoms with Crippen LogP contribution in [0, 0.1) is 6.92 Å². The molecule has 1 aliphatic heterocycles. The van der Waals surface area contributed by atoms with Gasteiger partial charge in [-0.3, -0.25) is 0 Å². The molecule has 1 unspecified atom stereocenters. The first-order chi connectivity index (χ1) is 5.66. The third kappa shape index (κ3) is 1.32. The van der Waals surface area contributed by atoms with E-state index in [9.17, 15) is 5.11 Å². The maximum atomic E-state index is 9.42. The molecule has 1 atom stereocenters. The van der Waals surface area contributed by atoms with Gasteiger partial charge in [-0.25, -0.2) is 0 Å². The molecule has 1 N–H and O–H groups in total. The molecular formula is C9H10BBrO. The summed E-state index contributed by atoms with van der Waals surface area (Å²) in [5.74, 6) is 0. The molecule has 0 fully saturated rings. The lowest BCUT2D eigenvalue weighted by molar-refractivity contribution is 0.258. The molecule has 0 radical (unpaired) electrons. The zero-order chi connectivity index (χ0) is 8.72. The van der Waals surface area contributed by atoms with Crippen LogP contribution in [0.4, 0.5) is 0 Å². The van der Waals surface area contributed by atoms with Crippen LogP contribution in [0.1, 0.15) is 11.1 Å². The molecule has 1 aromatic carbocycles. The van der Waals surface area contributed by atoms with E-state index < -0.39 is 0 Å². The maximum Gasteiger partial charge on any atom is 0.193 e. The fourth-order valence-corrected chi connectivity index (χ4v) is 2.13. The van der Waals surface area contributed by atoms with Crippen LogP contribution in [-0.2, 0) is 6.42 Å². The van der Waals surface area contributed by atoms with E-state index in [0.717, 1.165) is 18.2 Å². The smallest absolute Gasteiger partial charge is 0.193 e. The van der Waals surface area contributed by atoms with Crippen LogP contribution >= 0.6 is 15.9 Å². The first-order valence-corrected chi connectivity index (χ1v) is 4.92. The van der Waals surface area contributed by atoms with E-state index in [0.29, 0.717) is 0 Å². The van der Waals surface area contributed by atoms with Crippen molar-refractivity contribution in [2.24, 2.45) is 0 Å².